The summed E-state index contributed by atoms with van der Waals surface area (Å²) in [7, 11) is 4.14. The van der Waals surface area contributed by atoms with Crippen molar-refractivity contribution in [1.29, 1.82) is 0 Å². The van der Waals surface area contributed by atoms with Gasteiger partial charge in [-0.15, -0.1) is 0 Å². The fourth-order valence-corrected chi connectivity index (χ4v) is 2.30. The summed E-state index contributed by atoms with van der Waals surface area (Å²) in [6.07, 6.45) is 1.10. The predicted molar refractivity (Wildman–Crippen MR) is 71.8 cm³/mol. The van der Waals surface area contributed by atoms with Gasteiger partial charge in [0.05, 0.1) is 4.92 Å². The van der Waals surface area contributed by atoms with Crippen LogP contribution in [0.15, 0.2) is 18.2 Å². The minimum Gasteiger partial charge on any atom is -0.393 e. The molecule has 0 radical (unpaired) electrons. The Hall–Kier alpha value is -1.82. The van der Waals surface area contributed by atoms with Crippen LogP contribution in [0.25, 0.3) is 0 Å². The van der Waals surface area contributed by atoms with Gasteiger partial charge in [-0.25, -0.2) is 0 Å². The van der Waals surface area contributed by atoms with E-state index in [4.69, 9.17) is 5.73 Å². The molecule has 1 aliphatic heterocycles. The number of nitrogen functional groups attached to an aromatic ring is 1. The minimum atomic E-state index is -0.453. The molecule has 1 atom stereocenters. The van der Waals surface area contributed by atoms with Crippen LogP contribution < -0.4 is 10.6 Å². The molecule has 0 bridgehead atoms. The third kappa shape index (κ3) is 2.38. The molecule has 0 aromatic heterocycles. The Labute approximate surface area is 106 Å². The number of nitro groups is 1. The largest absolute Gasteiger partial charge is 0.393 e. The van der Waals surface area contributed by atoms with Crippen molar-refractivity contribution in [3.63, 3.8) is 0 Å². The number of nitro benzene ring substituents is 1. The van der Waals surface area contributed by atoms with Gasteiger partial charge in [-0.05, 0) is 32.6 Å². The van der Waals surface area contributed by atoms with E-state index in [1.807, 2.05) is 0 Å². The summed E-state index contributed by atoms with van der Waals surface area (Å²) in [5.74, 6) is 0. The SMILES string of the molecule is CN(C)[C@@H]1CCN(c2ccc([N+](=O)[O-])c(N)c2)C1. The van der Waals surface area contributed by atoms with E-state index in [9.17, 15) is 10.1 Å². The van der Waals surface area contributed by atoms with Crippen molar-refractivity contribution in [2.24, 2.45) is 0 Å². The zero-order chi connectivity index (χ0) is 13.3. The van der Waals surface area contributed by atoms with Crippen LogP contribution in [0.1, 0.15) is 6.42 Å². The van der Waals surface area contributed by atoms with Crippen molar-refractivity contribution < 1.29 is 4.92 Å². The van der Waals surface area contributed by atoms with Crippen molar-refractivity contribution >= 4 is 17.1 Å². The zero-order valence-corrected chi connectivity index (χ0v) is 10.7. The quantitative estimate of drug-likeness (QED) is 0.497. The first-order valence-electron chi connectivity index (χ1n) is 5.94. The number of anilines is 2. The number of nitrogens with two attached hydrogens (primary N) is 1. The topological polar surface area (TPSA) is 75.6 Å². The van der Waals surface area contributed by atoms with Crippen LogP contribution in [0.2, 0.25) is 0 Å². The van der Waals surface area contributed by atoms with Gasteiger partial charge in [0.2, 0.25) is 0 Å². The van der Waals surface area contributed by atoms with Crippen LogP contribution in [0.5, 0.6) is 0 Å². The summed E-state index contributed by atoms with van der Waals surface area (Å²) in [5, 5.41) is 10.7. The fourth-order valence-electron chi connectivity index (χ4n) is 2.30. The number of rotatable bonds is 3. The number of hydrogen-bond acceptors (Lipinski definition) is 5. The lowest BCUT2D eigenvalue weighted by Crippen LogP contribution is -2.31. The maximum absolute atomic E-state index is 10.7. The summed E-state index contributed by atoms with van der Waals surface area (Å²) in [5.41, 5.74) is 6.87. The first kappa shape index (κ1) is 12.6. The van der Waals surface area contributed by atoms with Gasteiger partial charge in [-0.3, -0.25) is 10.1 Å². The Morgan fingerprint density at radius 2 is 2.22 bits per heavy atom. The Morgan fingerprint density at radius 1 is 1.50 bits per heavy atom. The van der Waals surface area contributed by atoms with Crippen LogP contribution in [-0.4, -0.2) is 43.0 Å². The third-order valence-electron chi connectivity index (χ3n) is 3.47. The molecule has 1 aromatic rings. The number of likely N-dealkylation sites (N-methyl/N-ethyl adjacent to an activating group) is 1. The van der Waals surface area contributed by atoms with Crippen molar-refractivity contribution in [2.75, 3.05) is 37.8 Å². The standard InChI is InChI=1S/C12H18N4O2/c1-14(2)10-5-6-15(8-10)9-3-4-12(16(17)18)11(13)7-9/h3-4,7,10H,5-6,8,13H2,1-2H3/t10-/m1/s1. The Balaban J connectivity index is 2.16. The molecule has 0 spiro atoms. The monoisotopic (exact) mass is 250 g/mol. The van der Waals surface area contributed by atoms with E-state index in [2.05, 4.69) is 23.9 Å². The van der Waals surface area contributed by atoms with Gasteiger partial charge in [0, 0.05) is 30.9 Å². The van der Waals surface area contributed by atoms with E-state index in [0.29, 0.717) is 6.04 Å². The molecule has 0 saturated carbocycles. The number of nitrogens with zero attached hydrogens (tertiary/aromatic N) is 3. The molecule has 6 heteroatoms. The van der Waals surface area contributed by atoms with Gasteiger partial charge in [-0.2, -0.15) is 0 Å². The molecule has 98 valence electrons. The van der Waals surface area contributed by atoms with E-state index < -0.39 is 4.92 Å². The molecule has 1 heterocycles. The smallest absolute Gasteiger partial charge is 0.292 e. The second-order valence-corrected chi connectivity index (χ2v) is 4.85. The van der Waals surface area contributed by atoms with Crippen LogP contribution in [0.3, 0.4) is 0 Å². The van der Waals surface area contributed by atoms with Gasteiger partial charge in [0.25, 0.3) is 5.69 Å². The van der Waals surface area contributed by atoms with Crippen LogP contribution in [0, 0.1) is 10.1 Å². The Kier molecular flexibility index (Phi) is 3.38. The molecule has 2 rings (SSSR count). The van der Waals surface area contributed by atoms with E-state index in [0.717, 1.165) is 25.2 Å². The third-order valence-corrected chi connectivity index (χ3v) is 3.47. The van der Waals surface area contributed by atoms with Crippen molar-refractivity contribution in [3.8, 4) is 0 Å². The summed E-state index contributed by atoms with van der Waals surface area (Å²) < 4.78 is 0. The number of benzene rings is 1. The van der Waals surface area contributed by atoms with E-state index in [1.54, 1.807) is 12.1 Å². The summed E-state index contributed by atoms with van der Waals surface area (Å²) in [6, 6.07) is 5.47. The number of hydrogen-bond donors (Lipinski definition) is 1. The maximum atomic E-state index is 10.7. The highest BCUT2D eigenvalue weighted by Gasteiger charge is 2.25. The molecule has 1 saturated heterocycles. The molecule has 1 fully saturated rings. The van der Waals surface area contributed by atoms with Gasteiger partial charge in [-0.1, -0.05) is 0 Å². The zero-order valence-electron chi connectivity index (χ0n) is 10.7. The lowest BCUT2D eigenvalue weighted by molar-refractivity contribution is -0.383. The molecule has 1 aliphatic rings. The first-order valence-corrected chi connectivity index (χ1v) is 5.94. The summed E-state index contributed by atoms with van der Waals surface area (Å²) in [6.45, 7) is 1.89. The lowest BCUT2D eigenvalue weighted by atomic mass is 10.2. The molecule has 18 heavy (non-hydrogen) atoms. The highest BCUT2D eigenvalue weighted by molar-refractivity contribution is 5.66. The normalized spacial score (nSPS) is 19.5. The molecule has 6 nitrogen and oxygen atoms in total. The van der Waals surface area contributed by atoms with Gasteiger partial charge in [0.15, 0.2) is 0 Å². The van der Waals surface area contributed by atoms with Crippen LogP contribution in [0.4, 0.5) is 17.1 Å². The summed E-state index contributed by atoms with van der Waals surface area (Å²) >= 11 is 0. The first-order chi connectivity index (χ1) is 8.49. The molecular weight excluding hydrogens is 232 g/mol. The highest BCUT2D eigenvalue weighted by atomic mass is 16.6. The van der Waals surface area contributed by atoms with Crippen molar-refractivity contribution in [1.82, 2.24) is 4.90 Å². The molecular formula is C12H18N4O2. The van der Waals surface area contributed by atoms with E-state index in [-0.39, 0.29) is 11.4 Å². The van der Waals surface area contributed by atoms with Gasteiger partial charge >= 0.3 is 0 Å². The van der Waals surface area contributed by atoms with Gasteiger partial charge < -0.3 is 15.5 Å². The molecule has 2 N–H and O–H groups in total. The average Bonchev–Trinajstić information content (AvgIpc) is 2.77. The van der Waals surface area contributed by atoms with Crippen LogP contribution >= 0.6 is 0 Å². The average molecular weight is 250 g/mol. The fraction of sp³-hybridized carbons (Fsp3) is 0.500. The van der Waals surface area contributed by atoms with Crippen molar-refractivity contribution in [2.45, 2.75) is 12.5 Å². The van der Waals surface area contributed by atoms with Crippen LogP contribution in [-0.2, 0) is 0 Å². The molecule has 1 aromatic carbocycles. The van der Waals surface area contributed by atoms with E-state index in [1.165, 1.54) is 6.07 Å². The molecule has 0 amide bonds. The molecule has 0 unspecified atom stereocenters. The Morgan fingerprint density at radius 3 is 2.72 bits per heavy atom. The second kappa shape index (κ2) is 4.81. The Bertz CT molecular complexity index is 461. The summed E-state index contributed by atoms with van der Waals surface area (Å²) in [4.78, 5) is 14.7. The minimum absolute atomic E-state index is 0.0258. The van der Waals surface area contributed by atoms with E-state index >= 15 is 0 Å². The van der Waals surface area contributed by atoms with Gasteiger partial charge in [0.1, 0.15) is 5.69 Å². The maximum Gasteiger partial charge on any atom is 0.292 e. The predicted octanol–water partition coefficient (Wildman–Crippen LogP) is 1.32. The van der Waals surface area contributed by atoms with Crippen molar-refractivity contribution in [3.05, 3.63) is 28.3 Å². The highest BCUT2D eigenvalue weighted by Crippen LogP contribution is 2.29. The molecule has 0 aliphatic carbocycles. The lowest BCUT2D eigenvalue weighted by Gasteiger charge is -2.22. The second-order valence-electron chi connectivity index (χ2n) is 4.85.